The van der Waals surface area contributed by atoms with E-state index < -0.39 is 0 Å². The van der Waals surface area contributed by atoms with Gasteiger partial charge in [-0.05, 0) is 35.6 Å². The molecule has 92 valence electrons. The van der Waals surface area contributed by atoms with Gasteiger partial charge in [-0.25, -0.2) is 0 Å². The molecule has 0 aromatic heterocycles. The van der Waals surface area contributed by atoms with Crippen molar-refractivity contribution in [3.8, 4) is 0 Å². The van der Waals surface area contributed by atoms with Gasteiger partial charge >= 0.3 is 5.97 Å². The van der Waals surface area contributed by atoms with E-state index in [1.165, 1.54) is 23.4 Å². The van der Waals surface area contributed by atoms with E-state index in [1.807, 2.05) is 12.1 Å². The van der Waals surface area contributed by atoms with Crippen LogP contribution >= 0.6 is 0 Å². The second-order valence-corrected chi connectivity index (χ2v) is 5.09. The average molecular weight is 240 g/mol. The maximum Gasteiger partial charge on any atom is 0.312 e. The number of esters is 1. The van der Waals surface area contributed by atoms with E-state index in [0.717, 1.165) is 19.3 Å². The topological polar surface area (TPSA) is 26.3 Å². The van der Waals surface area contributed by atoms with E-state index in [0.29, 0.717) is 0 Å². The molecule has 2 aromatic rings. The highest BCUT2D eigenvalue weighted by Gasteiger charge is 2.50. The molecule has 18 heavy (non-hydrogen) atoms. The zero-order chi connectivity index (χ0) is 12.6. The summed E-state index contributed by atoms with van der Waals surface area (Å²) in [6, 6.07) is 14.6. The van der Waals surface area contributed by atoms with Gasteiger partial charge in [-0.1, -0.05) is 42.5 Å². The SMILES string of the molecule is COC(=O)C1(Cc2cccc3ccccc23)CC1. The monoisotopic (exact) mass is 240 g/mol. The summed E-state index contributed by atoms with van der Waals surface area (Å²) in [6.45, 7) is 0. The van der Waals surface area contributed by atoms with E-state index in [1.54, 1.807) is 0 Å². The van der Waals surface area contributed by atoms with Crippen LogP contribution in [0.1, 0.15) is 18.4 Å². The van der Waals surface area contributed by atoms with Crippen LogP contribution < -0.4 is 0 Å². The van der Waals surface area contributed by atoms with Gasteiger partial charge in [0.25, 0.3) is 0 Å². The Bertz CT molecular complexity index is 592. The third-order valence-corrected chi connectivity index (χ3v) is 3.88. The fourth-order valence-corrected chi connectivity index (χ4v) is 2.63. The Labute approximate surface area is 107 Å². The number of hydrogen-bond acceptors (Lipinski definition) is 2. The number of benzene rings is 2. The molecule has 1 aliphatic carbocycles. The first-order valence-corrected chi connectivity index (χ1v) is 6.30. The number of fused-ring (bicyclic) bond motifs is 1. The van der Waals surface area contributed by atoms with Crippen LogP contribution in [0.25, 0.3) is 10.8 Å². The molecule has 3 rings (SSSR count). The Kier molecular flexibility index (Phi) is 2.58. The zero-order valence-corrected chi connectivity index (χ0v) is 10.5. The van der Waals surface area contributed by atoms with Crippen LogP contribution in [-0.4, -0.2) is 13.1 Å². The molecule has 2 nitrogen and oxygen atoms in total. The van der Waals surface area contributed by atoms with Crippen molar-refractivity contribution in [2.75, 3.05) is 7.11 Å². The van der Waals surface area contributed by atoms with Gasteiger partial charge in [-0.2, -0.15) is 0 Å². The smallest absolute Gasteiger partial charge is 0.312 e. The van der Waals surface area contributed by atoms with Gasteiger partial charge in [0.1, 0.15) is 0 Å². The summed E-state index contributed by atoms with van der Waals surface area (Å²) in [5, 5.41) is 2.48. The van der Waals surface area contributed by atoms with Crippen molar-refractivity contribution in [2.45, 2.75) is 19.3 Å². The third kappa shape index (κ3) is 1.78. The first-order chi connectivity index (χ1) is 8.75. The van der Waals surface area contributed by atoms with Crippen LogP contribution in [0.5, 0.6) is 0 Å². The lowest BCUT2D eigenvalue weighted by Crippen LogP contribution is -2.20. The van der Waals surface area contributed by atoms with Crippen molar-refractivity contribution in [3.05, 3.63) is 48.0 Å². The van der Waals surface area contributed by atoms with Crippen LogP contribution in [0.3, 0.4) is 0 Å². The van der Waals surface area contributed by atoms with Gasteiger partial charge in [-0.15, -0.1) is 0 Å². The summed E-state index contributed by atoms with van der Waals surface area (Å²) in [5.41, 5.74) is 0.995. The van der Waals surface area contributed by atoms with Crippen molar-refractivity contribution in [1.82, 2.24) is 0 Å². The maximum absolute atomic E-state index is 11.8. The molecule has 1 fully saturated rings. The average Bonchev–Trinajstić information content (AvgIpc) is 3.19. The first-order valence-electron chi connectivity index (χ1n) is 6.30. The molecule has 0 bridgehead atoms. The summed E-state index contributed by atoms with van der Waals surface area (Å²) in [4.78, 5) is 11.8. The maximum atomic E-state index is 11.8. The molecule has 0 saturated heterocycles. The van der Waals surface area contributed by atoms with E-state index in [-0.39, 0.29) is 11.4 Å². The summed E-state index contributed by atoms with van der Waals surface area (Å²) in [5.74, 6) is -0.0598. The normalized spacial score (nSPS) is 16.5. The van der Waals surface area contributed by atoms with Crippen LogP contribution in [-0.2, 0) is 16.0 Å². The molecule has 2 aromatic carbocycles. The standard InChI is InChI=1S/C16H16O2/c1-18-15(17)16(9-10-16)11-13-7-4-6-12-5-2-3-8-14(12)13/h2-8H,9-11H2,1H3. The van der Waals surface area contributed by atoms with Gasteiger partial charge < -0.3 is 4.74 Å². The second kappa shape index (κ2) is 4.13. The highest BCUT2D eigenvalue weighted by atomic mass is 16.5. The van der Waals surface area contributed by atoms with Crippen LogP contribution in [0.4, 0.5) is 0 Å². The molecule has 0 amide bonds. The Balaban J connectivity index is 1.98. The van der Waals surface area contributed by atoms with E-state index in [9.17, 15) is 4.79 Å². The van der Waals surface area contributed by atoms with Gasteiger partial charge in [-0.3, -0.25) is 4.79 Å². The Morgan fingerprint density at radius 2 is 1.89 bits per heavy atom. The predicted molar refractivity (Wildman–Crippen MR) is 71.3 cm³/mol. The summed E-state index contributed by atoms with van der Waals surface area (Å²) in [7, 11) is 1.48. The second-order valence-electron chi connectivity index (χ2n) is 5.09. The van der Waals surface area contributed by atoms with Crippen molar-refractivity contribution in [3.63, 3.8) is 0 Å². The number of rotatable bonds is 3. The van der Waals surface area contributed by atoms with Crippen LogP contribution in [0, 0.1) is 5.41 Å². The summed E-state index contributed by atoms with van der Waals surface area (Å²) in [6.07, 6.45) is 2.69. The molecule has 0 heterocycles. The van der Waals surface area contributed by atoms with Crippen LogP contribution in [0.15, 0.2) is 42.5 Å². The fourth-order valence-electron chi connectivity index (χ4n) is 2.63. The quantitative estimate of drug-likeness (QED) is 0.769. The Morgan fingerprint density at radius 1 is 1.17 bits per heavy atom. The lowest BCUT2D eigenvalue weighted by molar-refractivity contribution is -0.147. The predicted octanol–water partition coefficient (Wildman–Crippen LogP) is 3.34. The Hall–Kier alpha value is -1.83. The molecular weight excluding hydrogens is 224 g/mol. The molecule has 0 aliphatic heterocycles. The van der Waals surface area contributed by atoms with Gasteiger partial charge in [0.05, 0.1) is 12.5 Å². The molecule has 0 N–H and O–H groups in total. The first kappa shape index (κ1) is 11.3. The molecular formula is C16H16O2. The lowest BCUT2D eigenvalue weighted by Gasteiger charge is -2.14. The number of carbonyl (C=O) groups excluding carboxylic acids is 1. The van der Waals surface area contributed by atoms with E-state index in [2.05, 4.69) is 30.3 Å². The summed E-state index contributed by atoms with van der Waals surface area (Å²) >= 11 is 0. The molecule has 0 spiro atoms. The minimum atomic E-state index is -0.251. The van der Waals surface area contributed by atoms with Crippen LogP contribution in [0.2, 0.25) is 0 Å². The largest absolute Gasteiger partial charge is 0.469 e. The number of ether oxygens (including phenoxy) is 1. The van der Waals surface area contributed by atoms with Gasteiger partial charge in [0, 0.05) is 0 Å². The third-order valence-electron chi connectivity index (χ3n) is 3.88. The number of methoxy groups -OCH3 is 1. The minimum absolute atomic E-state index is 0.0598. The molecule has 0 unspecified atom stereocenters. The number of carbonyl (C=O) groups is 1. The highest BCUT2D eigenvalue weighted by molar-refractivity contribution is 5.87. The van der Waals surface area contributed by atoms with Crippen molar-refractivity contribution in [1.29, 1.82) is 0 Å². The molecule has 0 atom stereocenters. The van der Waals surface area contributed by atoms with Crippen molar-refractivity contribution in [2.24, 2.45) is 5.41 Å². The molecule has 0 radical (unpaired) electrons. The molecule has 1 saturated carbocycles. The van der Waals surface area contributed by atoms with E-state index >= 15 is 0 Å². The highest BCUT2D eigenvalue weighted by Crippen LogP contribution is 2.50. The van der Waals surface area contributed by atoms with E-state index in [4.69, 9.17) is 4.74 Å². The zero-order valence-electron chi connectivity index (χ0n) is 10.5. The van der Waals surface area contributed by atoms with Gasteiger partial charge in [0.15, 0.2) is 0 Å². The summed E-state index contributed by atoms with van der Waals surface area (Å²) < 4.78 is 4.92. The number of hydrogen-bond donors (Lipinski definition) is 0. The van der Waals surface area contributed by atoms with Gasteiger partial charge in [0.2, 0.25) is 0 Å². The van der Waals surface area contributed by atoms with Crippen molar-refractivity contribution < 1.29 is 9.53 Å². The lowest BCUT2D eigenvalue weighted by atomic mass is 9.93. The molecule has 1 aliphatic rings. The van der Waals surface area contributed by atoms with Crippen molar-refractivity contribution >= 4 is 16.7 Å². The Morgan fingerprint density at radius 3 is 2.61 bits per heavy atom. The molecule has 2 heteroatoms. The fraction of sp³-hybridized carbons (Fsp3) is 0.312. The minimum Gasteiger partial charge on any atom is -0.469 e.